The predicted molar refractivity (Wildman–Crippen MR) is 135 cm³/mol. The van der Waals surface area contributed by atoms with Gasteiger partial charge in [0.1, 0.15) is 5.57 Å². The summed E-state index contributed by atoms with van der Waals surface area (Å²) in [6, 6.07) is 20.0. The quantitative estimate of drug-likeness (QED) is 0.312. The van der Waals surface area contributed by atoms with E-state index in [9.17, 15) is 14.7 Å². The van der Waals surface area contributed by atoms with Gasteiger partial charge in [0.25, 0.3) is 11.6 Å². The number of nitrogens with zero attached hydrogens (tertiary/aromatic N) is 4. The van der Waals surface area contributed by atoms with Crippen LogP contribution in [0.15, 0.2) is 79.1 Å². The SMILES string of the molecule is CCCc1nn(-c2ccccc2)c([O-])c1C1=C([n+]2cccc(C)c2)C(=O)N(c2ccc(C)cc2)C1=O. The van der Waals surface area contributed by atoms with Crippen LogP contribution in [0.2, 0.25) is 0 Å². The number of carbonyl (C=O) groups excluding carboxylic acids is 2. The molecule has 180 valence electrons. The molecule has 36 heavy (non-hydrogen) atoms. The third-order valence-corrected chi connectivity index (χ3v) is 6.21. The first-order valence-corrected chi connectivity index (χ1v) is 11.9. The number of pyridine rings is 1. The highest BCUT2D eigenvalue weighted by molar-refractivity contribution is 6.53. The normalized spacial score (nSPS) is 13.7. The summed E-state index contributed by atoms with van der Waals surface area (Å²) in [5.74, 6) is -1.43. The minimum atomic E-state index is -0.532. The number of hydrogen-bond donors (Lipinski definition) is 0. The minimum Gasteiger partial charge on any atom is -0.858 e. The average molecular weight is 479 g/mol. The Morgan fingerprint density at radius 1 is 0.861 bits per heavy atom. The van der Waals surface area contributed by atoms with Gasteiger partial charge >= 0.3 is 5.91 Å². The van der Waals surface area contributed by atoms with Crippen molar-refractivity contribution in [3.63, 3.8) is 0 Å². The number of rotatable bonds is 6. The number of aromatic nitrogens is 3. The summed E-state index contributed by atoms with van der Waals surface area (Å²) in [5, 5.41) is 18.4. The summed E-state index contributed by atoms with van der Waals surface area (Å²) in [5.41, 5.74) is 3.87. The third-order valence-electron chi connectivity index (χ3n) is 6.21. The molecule has 5 rings (SSSR count). The number of para-hydroxylation sites is 1. The second kappa shape index (κ2) is 9.26. The molecule has 3 heterocycles. The van der Waals surface area contributed by atoms with Gasteiger partial charge in [0.05, 0.1) is 17.1 Å². The van der Waals surface area contributed by atoms with Gasteiger partial charge in [0.2, 0.25) is 0 Å². The van der Waals surface area contributed by atoms with Gasteiger partial charge in [0.15, 0.2) is 12.4 Å². The van der Waals surface area contributed by atoms with Crippen LogP contribution in [0.5, 0.6) is 5.88 Å². The fraction of sp³-hybridized carbons (Fsp3) is 0.172. The van der Waals surface area contributed by atoms with Gasteiger partial charge in [0, 0.05) is 17.2 Å². The zero-order chi connectivity index (χ0) is 25.4. The zero-order valence-electron chi connectivity index (χ0n) is 20.4. The highest BCUT2D eigenvalue weighted by Gasteiger charge is 2.47. The first kappa shape index (κ1) is 23.2. The van der Waals surface area contributed by atoms with Gasteiger partial charge in [-0.1, -0.05) is 49.2 Å². The number of carbonyl (C=O) groups is 2. The van der Waals surface area contributed by atoms with Crippen LogP contribution in [0, 0.1) is 13.8 Å². The maximum atomic E-state index is 14.0. The van der Waals surface area contributed by atoms with Crippen molar-refractivity contribution in [2.75, 3.05) is 4.90 Å². The van der Waals surface area contributed by atoms with Crippen molar-refractivity contribution in [2.45, 2.75) is 33.6 Å². The summed E-state index contributed by atoms with van der Waals surface area (Å²) in [4.78, 5) is 29.0. The molecule has 7 nitrogen and oxygen atoms in total. The van der Waals surface area contributed by atoms with Crippen LogP contribution >= 0.6 is 0 Å². The standard InChI is InChI=1S/C29H26N4O3/c1-4-9-23-24(28(35)33(30-23)22-11-6-5-7-12-22)25-26(31-17-8-10-20(3)18-31)29(36)32(27(25)34)21-15-13-19(2)14-16-21/h5-8,10-18H,4,9H2,1-3H3. The molecule has 0 fully saturated rings. The van der Waals surface area contributed by atoms with Gasteiger partial charge < -0.3 is 5.11 Å². The van der Waals surface area contributed by atoms with E-state index in [2.05, 4.69) is 5.10 Å². The minimum absolute atomic E-state index is 0.0757. The van der Waals surface area contributed by atoms with Gasteiger partial charge in [-0.3, -0.25) is 9.59 Å². The van der Waals surface area contributed by atoms with Crippen LogP contribution < -0.4 is 14.6 Å². The molecule has 1 aliphatic heterocycles. The molecule has 2 aromatic carbocycles. The molecule has 0 aliphatic carbocycles. The Hall–Kier alpha value is -4.52. The summed E-state index contributed by atoms with van der Waals surface area (Å²) in [6.45, 7) is 5.83. The molecule has 0 N–H and O–H groups in total. The molecule has 7 heteroatoms. The van der Waals surface area contributed by atoms with Crippen molar-refractivity contribution in [3.05, 3.63) is 102 Å². The van der Waals surface area contributed by atoms with E-state index in [1.807, 2.05) is 63.2 Å². The lowest BCUT2D eigenvalue weighted by molar-refractivity contribution is -0.577. The smallest absolute Gasteiger partial charge is 0.331 e. The van der Waals surface area contributed by atoms with Crippen molar-refractivity contribution < 1.29 is 19.3 Å². The van der Waals surface area contributed by atoms with E-state index in [1.165, 1.54) is 4.68 Å². The fourth-order valence-electron chi connectivity index (χ4n) is 4.50. The van der Waals surface area contributed by atoms with Gasteiger partial charge in [-0.2, -0.15) is 9.67 Å². The molecule has 4 aromatic rings. The second-order valence-electron chi connectivity index (χ2n) is 8.92. The first-order valence-electron chi connectivity index (χ1n) is 11.9. The Morgan fingerprint density at radius 2 is 1.58 bits per heavy atom. The lowest BCUT2D eigenvalue weighted by atomic mass is 10.0. The Bertz CT molecular complexity index is 1500. The lowest BCUT2D eigenvalue weighted by Crippen LogP contribution is -2.39. The van der Waals surface area contributed by atoms with Crippen LogP contribution in [-0.4, -0.2) is 21.6 Å². The number of imide groups is 1. The molecule has 0 spiro atoms. The third kappa shape index (κ3) is 3.88. The first-order chi connectivity index (χ1) is 17.4. The van der Waals surface area contributed by atoms with Crippen LogP contribution in [0.4, 0.5) is 5.69 Å². The zero-order valence-corrected chi connectivity index (χ0v) is 20.4. The molecule has 1 aliphatic rings. The number of hydrogen-bond acceptors (Lipinski definition) is 4. The number of anilines is 1. The summed E-state index contributed by atoms with van der Waals surface area (Å²) in [6.07, 6.45) is 4.72. The van der Waals surface area contributed by atoms with Gasteiger partial charge in [-0.05, 0) is 56.5 Å². The molecule has 0 atom stereocenters. The van der Waals surface area contributed by atoms with Crippen LogP contribution in [0.3, 0.4) is 0 Å². The lowest BCUT2D eigenvalue weighted by Gasteiger charge is -2.16. The number of aryl methyl sites for hydroxylation is 3. The van der Waals surface area contributed by atoms with Crippen molar-refractivity contribution in [1.29, 1.82) is 0 Å². The van der Waals surface area contributed by atoms with Crippen LogP contribution in [-0.2, 0) is 16.0 Å². The monoisotopic (exact) mass is 478 g/mol. The Kier molecular flexibility index (Phi) is 5.98. The van der Waals surface area contributed by atoms with E-state index in [0.717, 1.165) is 22.4 Å². The maximum absolute atomic E-state index is 14.0. The van der Waals surface area contributed by atoms with E-state index >= 15 is 0 Å². The average Bonchev–Trinajstić information content (AvgIpc) is 3.32. The van der Waals surface area contributed by atoms with Crippen molar-refractivity contribution >= 4 is 28.8 Å². The summed E-state index contributed by atoms with van der Waals surface area (Å²) < 4.78 is 2.95. The van der Waals surface area contributed by atoms with E-state index < -0.39 is 17.7 Å². The molecule has 0 bridgehead atoms. The molecule has 0 saturated heterocycles. The molecular formula is C29H26N4O3. The number of benzene rings is 2. The molecular weight excluding hydrogens is 452 g/mol. The topological polar surface area (TPSA) is 82.1 Å². The summed E-state index contributed by atoms with van der Waals surface area (Å²) in [7, 11) is 0. The second-order valence-corrected chi connectivity index (χ2v) is 8.92. The fourth-order valence-corrected chi connectivity index (χ4v) is 4.50. The van der Waals surface area contributed by atoms with Crippen molar-refractivity contribution in [1.82, 2.24) is 9.78 Å². The molecule has 0 saturated carbocycles. The highest BCUT2D eigenvalue weighted by Crippen LogP contribution is 2.39. The van der Waals surface area contributed by atoms with Gasteiger partial charge in [-0.25, -0.2) is 9.58 Å². The van der Waals surface area contributed by atoms with E-state index in [-0.39, 0.29) is 16.8 Å². The highest BCUT2D eigenvalue weighted by atomic mass is 16.3. The van der Waals surface area contributed by atoms with Crippen LogP contribution in [0.1, 0.15) is 35.7 Å². The van der Waals surface area contributed by atoms with Gasteiger partial charge in [-0.15, -0.1) is 0 Å². The van der Waals surface area contributed by atoms with E-state index in [4.69, 9.17) is 0 Å². The Labute approximate surface area is 209 Å². The molecule has 0 radical (unpaired) electrons. The van der Waals surface area contributed by atoms with E-state index in [1.54, 1.807) is 41.2 Å². The maximum Gasteiger partial charge on any atom is 0.331 e. The Balaban J connectivity index is 1.78. The summed E-state index contributed by atoms with van der Waals surface area (Å²) >= 11 is 0. The largest absolute Gasteiger partial charge is 0.858 e. The predicted octanol–water partition coefficient (Wildman–Crippen LogP) is 3.74. The molecule has 2 aromatic heterocycles. The molecule has 2 amide bonds. The van der Waals surface area contributed by atoms with Crippen molar-refractivity contribution in [3.8, 4) is 11.6 Å². The van der Waals surface area contributed by atoms with E-state index in [0.29, 0.717) is 23.5 Å². The number of amides is 2. The van der Waals surface area contributed by atoms with Crippen molar-refractivity contribution in [2.24, 2.45) is 0 Å². The van der Waals surface area contributed by atoms with Crippen LogP contribution in [0.25, 0.3) is 17.0 Å². The molecule has 0 unspecified atom stereocenters. The Morgan fingerprint density at radius 3 is 2.25 bits per heavy atom.